The standard InChI is InChI=1S/C16H16FN5O2/c1-10(22-9-18-8-20-22)7-19-15(23)14-11(2)24-16(21-14)12-3-5-13(17)6-4-12/h3-6,8-10H,7H2,1-2H3,(H,19,23). The summed E-state index contributed by atoms with van der Waals surface area (Å²) in [5.74, 6) is 0.000814. The number of hydrogen-bond acceptors (Lipinski definition) is 5. The number of oxazole rings is 1. The Morgan fingerprint density at radius 2 is 2.12 bits per heavy atom. The van der Waals surface area contributed by atoms with Crippen molar-refractivity contribution in [2.75, 3.05) is 6.54 Å². The maximum Gasteiger partial charge on any atom is 0.273 e. The van der Waals surface area contributed by atoms with Crippen LogP contribution in [0.4, 0.5) is 4.39 Å². The van der Waals surface area contributed by atoms with E-state index in [9.17, 15) is 9.18 Å². The van der Waals surface area contributed by atoms with Gasteiger partial charge in [-0.3, -0.25) is 4.79 Å². The third-order valence-corrected chi connectivity index (χ3v) is 3.55. The van der Waals surface area contributed by atoms with Gasteiger partial charge in [-0.05, 0) is 38.1 Å². The smallest absolute Gasteiger partial charge is 0.273 e. The van der Waals surface area contributed by atoms with E-state index >= 15 is 0 Å². The lowest BCUT2D eigenvalue weighted by molar-refractivity contribution is 0.0942. The third kappa shape index (κ3) is 3.32. The highest BCUT2D eigenvalue weighted by Gasteiger charge is 2.19. The van der Waals surface area contributed by atoms with Crippen molar-refractivity contribution in [2.24, 2.45) is 0 Å². The summed E-state index contributed by atoms with van der Waals surface area (Å²) in [6, 6.07) is 5.69. The number of carbonyl (C=O) groups is 1. The Morgan fingerprint density at radius 3 is 2.79 bits per heavy atom. The van der Waals surface area contributed by atoms with E-state index in [1.54, 1.807) is 30.1 Å². The van der Waals surface area contributed by atoms with Crippen LogP contribution in [0.5, 0.6) is 0 Å². The molecule has 124 valence electrons. The van der Waals surface area contributed by atoms with E-state index in [1.807, 2.05) is 6.92 Å². The van der Waals surface area contributed by atoms with Crippen molar-refractivity contribution in [3.63, 3.8) is 0 Å². The number of nitrogens with zero attached hydrogens (tertiary/aromatic N) is 4. The van der Waals surface area contributed by atoms with E-state index in [4.69, 9.17) is 4.42 Å². The first kappa shape index (κ1) is 15.9. The molecule has 8 heteroatoms. The normalized spacial score (nSPS) is 12.1. The molecule has 0 fully saturated rings. The predicted octanol–water partition coefficient (Wildman–Crippen LogP) is 2.37. The van der Waals surface area contributed by atoms with Crippen LogP contribution in [0.3, 0.4) is 0 Å². The largest absolute Gasteiger partial charge is 0.441 e. The zero-order chi connectivity index (χ0) is 17.1. The van der Waals surface area contributed by atoms with Gasteiger partial charge >= 0.3 is 0 Å². The molecule has 1 unspecified atom stereocenters. The van der Waals surface area contributed by atoms with Gasteiger partial charge in [-0.25, -0.2) is 19.0 Å². The van der Waals surface area contributed by atoms with Crippen LogP contribution in [-0.2, 0) is 0 Å². The summed E-state index contributed by atoms with van der Waals surface area (Å²) in [4.78, 5) is 20.4. The van der Waals surface area contributed by atoms with Gasteiger partial charge in [0.2, 0.25) is 5.89 Å². The number of benzene rings is 1. The van der Waals surface area contributed by atoms with Crippen LogP contribution in [0.15, 0.2) is 41.3 Å². The molecule has 0 radical (unpaired) electrons. The molecule has 2 aromatic heterocycles. The van der Waals surface area contributed by atoms with Crippen molar-refractivity contribution in [1.82, 2.24) is 25.1 Å². The van der Waals surface area contributed by atoms with Gasteiger partial charge in [-0.1, -0.05) is 0 Å². The number of nitrogens with one attached hydrogen (secondary N) is 1. The summed E-state index contributed by atoms with van der Waals surface area (Å²) in [5, 5.41) is 6.82. The third-order valence-electron chi connectivity index (χ3n) is 3.55. The molecule has 0 saturated heterocycles. The Labute approximate surface area is 137 Å². The molecule has 2 heterocycles. The zero-order valence-electron chi connectivity index (χ0n) is 13.2. The molecule has 0 bridgehead atoms. The highest BCUT2D eigenvalue weighted by molar-refractivity contribution is 5.93. The molecule has 0 spiro atoms. The quantitative estimate of drug-likeness (QED) is 0.776. The Bertz CT molecular complexity index is 827. The summed E-state index contributed by atoms with van der Waals surface area (Å²) in [5.41, 5.74) is 0.814. The van der Waals surface area contributed by atoms with Gasteiger partial charge in [0.05, 0.1) is 6.04 Å². The maximum absolute atomic E-state index is 13.0. The fourth-order valence-corrected chi connectivity index (χ4v) is 2.19. The van der Waals surface area contributed by atoms with Crippen molar-refractivity contribution in [2.45, 2.75) is 19.9 Å². The Kier molecular flexibility index (Phi) is 4.37. The van der Waals surface area contributed by atoms with E-state index < -0.39 is 0 Å². The number of aromatic nitrogens is 4. The first-order valence-corrected chi connectivity index (χ1v) is 7.40. The molecule has 0 saturated carbocycles. The summed E-state index contributed by atoms with van der Waals surface area (Å²) < 4.78 is 20.2. The van der Waals surface area contributed by atoms with Crippen molar-refractivity contribution in [3.8, 4) is 11.5 Å². The molecule has 1 atom stereocenters. The van der Waals surface area contributed by atoms with E-state index in [2.05, 4.69) is 20.4 Å². The fraction of sp³-hybridized carbons (Fsp3) is 0.250. The lowest BCUT2D eigenvalue weighted by atomic mass is 10.2. The molecular formula is C16H16FN5O2. The number of rotatable bonds is 5. The van der Waals surface area contributed by atoms with E-state index in [0.717, 1.165) is 0 Å². The van der Waals surface area contributed by atoms with Crippen molar-refractivity contribution in [1.29, 1.82) is 0 Å². The SMILES string of the molecule is Cc1oc(-c2ccc(F)cc2)nc1C(=O)NCC(C)n1cncn1. The number of halogens is 1. The first-order valence-electron chi connectivity index (χ1n) is 7.40. The summed E-state index contributed by atoms with van der Waals surface area (Å²) in [7, 11) is 0. The molecule has 1 amide bonds. The monoisotopic (exact) mass is 329 g/mol. The predicted molar refractivity (Wildman–Crippen MR) is 83.7 cm³/mol. The Morgan fingerprint density at radius 1 is 1.38 bits per heavy atom. The van der Waals surface area contributed by atoms with Crippen LogP contribution in [-0.4, -0.2) is 32.2 Å². The molecule has 0 aliphatic rings. The highest BCUT2D eigenvalue weighted by Crippen LogP contribution is 2.22. The molecule has 24 heavy (non-hydrogen) atoms. The van der Waals surface area contributed by atoms with Crippen molar-refractivity contribution in [3.05, 3.63) is 54.2 Å². The van der Waals surface area contributed by atoms with Crippen LogP contribution in [0, 0.1) is 12.7 Å². The van der Waals surface area contributed by atoms with Crippen LogP contribution >= 0.6 is 0 Å². The second kappa shape index (κ2) is 6.61. The summed E-state index contributed by atoms with van der Waals surface area (Å²) >= 11 is 0. The number of carbonyl (C=O) groups excluding carboxylic acids is 1. The van der Waals surface area contributed by atoms with Gasteiger partial charge in [0.15, 0.2) is 5.69 Å². The van der Waals surface area contributed by atoms with Crippen LogP contribution in [0.25, 0.3) is 11.5 Å². The average Bonchev–Trinajstić information content (AvgIpc) is 3.23. The van der Waals surface area contributed by atoms with Gasteiger partial charge in [0.1, 0.15) is 24.2 Å². The van der Waals surface area contributed by atoms with Gasteiger partial charge in [0, 0.05) is 12.1 Å². The highest BCUT2D eigenvalue weighted by atomic mass is 19.1. The molecule has 0 aliphatic carbocycles. The minimum atomic E-state index is -0.345. The topological polar surface area (TPSA) is 85.8 Å². The summed E-state index contributed by atoms with van der Waals surface area (Å²) in [6.07, 6.45) is 3.03. The van der Waals surface area contributed by atoms with E-state index in [-0.39, 0.29) is 29.4 Å². The van der Waals surface area contributed by atoms with Crippen LogP contribution in [0.1, 0.15) is 29.2 Å². The van der Waals surface area contributed by atoms with Crippen molar-refractivity contribution >= 4 is 5.91 Å². The maximum atomic E-state index is 13.0. The van der Waals surface area contributed by atoms with Crippen LogP contribution < -0.4 is 5.32 Å². The lowest BCUT2D eigenvalue weighted by Crippen LogP contribution is -2.30. The number of aryl methyl sites for hydroxylation is 1. The summed E-state index contributed by atoms with van der Waals surface area (Å²) in [6.45, 7) is 3.95. The first-order chi connectivity index (χ1) is 11.5. The van der Waals surface area contributed by atoms with Gasteiger partial charge in [0.25, 0.3) is 5.91 Å². The van der Waals surface area contributed by atoms with E-state index in [0.29, 0.717) is 17.9 Å². The molecule has 0 aliphatic heterocycles. The molecule has 3 rings (SSSR count). The molecular weight excluding hydrogens is 313 g/mol. The lowest BCUT2D eigenvalue weighted by Gasteiger charge is -2.11. The van der Waals surface area contributed by atoms with Gasteiger partial charge in [-0.2, -0.15) is 5.10 Å². The van der Waals surface area contributed by atoms with Gasteiger partial charge in [-0.15, -0.1) is 0 Å². The molecule has 3 aromatic rings. The fourth-order valence-electron chi connectivity index (χ4n) is 2.19. The average molecular weight is 329 g/mol. The Hall–Kier alpha value is -3.03. The van der Waals surface area contributed by atoms with E-state index in [1.165, 1.54) is 18.5 Å². The van der Waals surface area contributed by atoms with Crippen LogP contribution in [0.2, 0.25) is 0 Å². The number of hydrogen-bond donors (Lipinski definition) is 1. The molecule has 1 aromatic carbocycles. The Balaban J connectivity index is 1.70. The van der Waals surface area contributed by atoms with Crippen molar-refractivity contribution < 1.29 is 13.6 Å². The minimum Gasteiger partial charge on any atom is -0.441 e. The second-order valence-electron chi connectivity index (χ2n) is 5.37. The molecule has 7 nitrogen and oxygen atoms in total. The van der Waals surface area contributed by atoms with Gasteiger partial charge < -0.3 is 9.73 Å². The zero-order valence-corrected chi connectivity index (χ0v) is 13.2. The molecule has 1 N–H and O–H groups in total. The minimum absolute atomic E-state index is 0.0415. The second-order valence-corrected chi connectivity index (χ2v) is 5.37. The number of amides is 1.